The molecule has 0 aliphatic carbocycles. The maximum Gasteiger partial charge on any atom is 0.414 e. The normalized spacial score (nSPS) is 23.4. The van der Waals surface area contributed by atoms with E-state index in [1.165, 1.54) is 34.8 Å². The van der Waals surface area contributed by atoms with E-state index in [1.807, 2.05) is 0 Å². The van der Waals surface area contributed by atoms with Crippen LogP contribution in [0.1, 0.15) is 25.1 Å². The maximum atomic E-state index is 14.9. The molecule has 2 aliphatic rings. The number of aliphatic hydroxyl groups is 1. The van der Waals surface area contributed by atoms with E-state index in [0.717, 1.165) is 0 Å². The first-order valence-corrected chi connectivity index (χ1v) is 10.3. The molecule has 0 bridgehead atoms. The van der Waals surface area contributed by atoms with Gasteiger partial charge in [-0.3, -0.25) is 9.69 Å². The molecule has 3 atom stereocenters. The molecule has 32 heavy (non-hydrogen) atoms. The third kappa shape index (κ3) is 4.49. The topological polar surface area (TPSA) is 113 Å². The molecule has 2 N–H and O–H groups in total. The summed E-state index contributed by atoms with van der Waals surface area (Å²) in [7, 11) is 0. The summed E-state index contributed by atoms with van der Waals surface area (Å²) < 4.78 is 36.4. The number of ether oxygens (including phenoxy) is 1. The Labute approximate surface area is 182 Å². The van der Waals surface area contributed by atoms with Gasteiger partial charge in [-0.25, -0.2) is 18.3 Å². The van der Waals surface area contributed by atoms with Crippen LogP contribution < -0.4 is 15.1 Å². The van der Waals surface area contributed by atoms with Gasteiger partial charge in [0.15, 0.2) is 0 Å². The minimum absolute atomic E-state index is 0.0280. The second-order valence-electron chi connectivity index (χ2n) is 7.86. The predicted octanol–water partition coefficient (Wildman–Crippen LogP) is 1.16. The zero-order valence-corrected chi connectivity index (χ0v) is 17.4. The minimum Gasteiger partial charge on any atom is -0.442 e. The van der Waals surface area contributed by atoms with Crippen LogP contribution in [0, 0.1) is 5.82 Å². The smallest absolute Gasteiger partial charge is 0.414 e. The van der Waals surface area contributed by atoms with Crippen LogP contribution in [0.15, 0.2) is 24.4 Å². The fourth-order valence-corrected chi connectivity index (χ4v) is 3.97. The van der Waals surface area contributed by atoms with E-state index in [-0.39, 0.29) is 37.8 Å². The lowest BCUT2D eigenvalue weighted by atomic mass is 10.0. The summed E-state index contributed by atoms with van der Waals surface area (Å²) in [6, 6.07) is 3.79. The molecule has 2 aromatic rings. The van der Waals surface area contributed by atoms with Crippen LogP contribution in [0.2, 0.25) is 0 Å². The van der Waals surface area contributed by atoms with Crippen molar-refractivity contribution < 1.29 is 28.2 Å². The number of aliphatic hydroxyl groups excluding tert-OH is 1. The molecule has 2 aliphatic heterocycles. The number of nitrogens with zero attached hydrogens (tertiary/aromatic N) is 5. The quantitative estimate of drug-likeness (QED) is 0.679. The van der Waals surface area contributed by atoms with Gasteiger partial charge in [0.25, 0.3) is 0 Å². The lowest BCUT2D eigenvalue weighted by molar-refractivity contribution is -0.119. The van der Waals surface area contributed by atoms with Gasteiger partial charge in [0.2, 0.25) is 5.91 Å². The number of anilines is 2. The molecule has 0 spiro atoms. The number of alkyl halides is 1. The van der Waals surface area contributed by atoms with Crippen LogP contribution in [0.4, 0.5) is 25.0 Å². The average molecular weight is 450 g/mol. The summed E-state index contributed by atoms with van der Waals surface area (Å²) in [5, 5.41) is 19.3. The molecular formula is C20H24F2N6O4. The van der Waals surface area contributed by atoms with Crippen LogP contribution in [0.5, 0.6) is 0 Å². The predicted molar refractivity (Wildman–Crippen MR) is 109 cm³/mol. The van der Waals surface area contributed by atoms with Crippen molar-refractivity contribution in [2.45, 2.75) is 38.3 Å². The molecule has 2 saturated heterocycles. The summed E-state index contributed by atoms with van der Waals surface area (Å²) in [5.41, 5.74) is 0.931. The highest BCUT2D eigenvalue weighted by molar-refractivity contribution is 5.90. The number of halogens is 2. The van der Waals surface area contributed by atoms with Crippen LogP contribution in [-0.2, 0) is 16.1 Å². The van der Waals surface area contributed by atoms with Gasteiger partial charge in [-0.15, -0.1) is 5.10 Å². The van der Waals surface area contributed by atoms with Gasteiger partial charge in [0.05, 0.1) is 49.9 Å². The molecule has 12 heteroatoms. The van der Waals surface area contributed by atoms with Gasteiger partial charge in [-0.2, -0.15) is 0 Å². The number of piperidine rings is 1. The van der Waals surface area contributed by atoms with Crippen molar-refractivity contribution in [1.29, 1.82) is 0 Å². The van der Waals surface area contributed by atoms with E-state index >= 15 is 0 Å². The Bertz CT molecular complexity index is 1000. The van der Waals surface area contributed by atoms with Gasteiger partial charge >= 0.3 is 6.09 Å². The summed E-state index contributed by atoms with van der Waals surface area (Å²) in [6.07, 6.45) is -0.550. The van der Waals surface area contributed by atoms with Gasteiger partial charge in [-0.1, -0.05) is 5.21 Å². The van der Waals surface area contributed by atoms with Crippen molar-refractivity contribution in [2.24, 2.45) is 0 Å². The lowest BCUT2D eigenvalue weighted by Gasteiger charge is -2.36. The van der Waals surface area contributed by atoms with Crippen LogP contribution in [0.25, 0.3) is 0 Å². The molecule has 1 aromatic heterocycles. The van der Waals surface area contributed by atoms with E-state index < -0.39 is 30.2 Å². The van der Waals surface area contributed by atoms with Crippen molar-refractivity contribution in [1.82, 2.24) is 20.3 Å². The second-order valence-corrected chi connectivity index (χ2v) is 7.86. The third-order valence-corrected chi connectivity index (χ3v) is 5.60. The number of hydrogen-bond donors (Lipinski definition) is 2. The van der Waals surface area contributed by atoms with Crippen molar-refractivity contribution in [3.05, 3.63) is 35.9 Å². The fraction of sp³-hybridized carbons (Fsp3) is 0.500. The monoisotopic (exact) mass is 450 g/mol. The number of carbonyl (C=O) groups excluding carboxylic acids is 2. The molecule has 2 unspecified atom stereocenters. The Hall–Kier alpha value is -3.28. The second kappa shape index (κ2) is 9.07. The molecule has 0 radical (unpaired) electrons. The highest BCUT2D eigenvalue weighted by Gasteiger charge is 2.35. The largest absolute Gasteiger partial charge is 0.442 e. The van der Waals surface area contributed by atoms with Crippen molar-refractivity contribution in [2.75, 3.05) is 36.0 Å². The van der Waals surface area contributed by atoms with Gasteiger partial charge in [0, 0.05) is 13.5 Å². The van der Waals surface area contributed by atoms with E-state index in [2.05, 4.69) is 15.6 Å². The SMILES string of the molecule is CC(=O)NC[C@H]1CN(c2ccc(N3CCC(n4cc(CO)nn4)C(F)C3)c(F)c2)C(=O)O1. The number of aromatic nitrogens is 3. The molecule has 0 saturated carbocycles. The molecule has 1 aromatic carbocycles. The Morgan fingerprint density at radius 1 is 1.38 bits per heavy atom. The van der Waals surface area contributed by atoms with Gasteiger partial charge in [-0.05, 0) is 24.6 Å². The van der Waals surface area contributed by atoms with Crippen molar-refractivity contribution in [3.63, 3.8) is 0 Å². The van der Waals surface area contributed by atoms with E-state index in [1.54, 1.807) is 11.0 Å². The van der Waals surface area contributed by atoms with E-state index in [0.29, 0.717) is 24.3 Å². The van der Waals surface area contributed by atoms with Gasteiger partial charge < -0.3 is 20.1 Å². The summed E-state index contributed by atoms with van der Waals surface area (Å²) in [5.74, 6) is -0.808. The highest BCUT2D eigenvalue weighted by atomic mass is 19.1. The number of hydrogen-bond acceptors (Lipinski definition) is 7. The summed E-state index contributed by atoms with van der Waals surface area (Å²) >= 11 is 0. The molecule has 10 nitrogen and oxygen atoms in total. The van der Waals surface area contributed by atoms with Crippen LogP contribution >= 0.6 is 0 Å². The Morgan fingerprint density at radius 2 is 2.19 bits per heavy atom. The number of cyclic esters (lactones) is 1. The molecule has 4 rings (SSSR count). The first-order valence-electron chi connectivity index (χ1n) is 10.3. The zero-order valence-electron chi connectivity index (χ0n) is 17.4. The standard InChI is InChI=1S/C20H24F2N6O4/c1-12(30)23-7-15-9-27(20(31)32-15)14-2-3-18(16(21)6-14)26-5-4-19(17(22)10-26)28-8-13(11-29)24-25-28/h2-3,6,8,15,17,19,29H,4-5,7,9-11H2,1H3,(H,23,30)/t15-,17?,19?/m0/s1. The Morgan fingerprint density at radius 3 is 2.84 bits per heavy atom. The van der Waals surface area contributed by atoms with E-state index in [4.69, 9.17) is 9.84 Å². The van der Waals surface area contributed by atoms with E-state index in [9.17, 15) is 18.4 Å². The van der Waals surface area contributed by atoms with Crippen molar-refractivity contribution >= 4 is 23.4 Å². The lowest BCUT2D eigenvalue weighted by Crippen LogP contribution is -2.43. The Kier molecular flexibility index (Phi) is 6.21. The Balaban J connectivity index is 1.41. The first kappa shape index (κ1) is 21.9. The molecule has 3 heterocycles. The molecule has 172 valence electrons. The highest BCUT2D eigenvalue weighted by Crippen LogP contribution is 2.32. The average Bonchev–Trinajstić information content (AvgIpc) is 3.38. The number of nitrogens with one attached hydrogen (secondary N) is 1. The zero-order chi connectivity index (χ0) is 22.8. The summed E-state index contributed by atoms with van der Waals surface area (Å²) in [6.45, 7) is 1.83. The third-order valence-electron chi connectivity index (χ3n) is 5.60. The first-order chi connectivity index (χ1) is 15.4. The van der Waals surface area contributed by atoms with Crippen molar-refractivity contribution in [3.8, 4) is 0 Å². The minimum atomic E-state index is -1.31. The fourth-order valence-electron chi connectivity index (χ4n) is 3.97. The number of amides is 2. The molecular weight excluding hydrogens is 426 g/mol. The van der Waals surface area contributed by atoms with Gasteiger partial charge in [0.1, 0.15) is 23.8 Å². The number of carbonyl (C=O) groups is 2. The maximum absolute atomic E-state index is 14.9. The van der Waals surface area contributed by atoms with Crippen LogP contribution in [0.3, 0.4) is 0 Å². The van der Waals surface area contributed by atoms with Crippen LogP contribution in [-0.4, -0.2) is 70.6 Å². The molecule has 2 fully saturated rings. The number of rotatable bonds is 6. The molecule has 2 amide bonds. The summed E-state index contributed by atoms with van der Waals surface area (Å²) in [4.78, 5) is 26.1. The number of benzene rings is 1.